The summed E-state index contributed by atoms with van der Waals surface area (Å²) in [6.45, 7) is 3.87. The lowest BCUT2D eigenvalue weighted by Crippen LogP contribution is -2.57. The first-order chi connectivity index (χ1) is 16.6. The number of esters is 1. The number of ketones is 1. The van der Waals surface area contributed by atoms with E-state index in [9.17, 15) is 19.5 Å². The van der Waals surface area contributed by atoms with Crippen LogP contribution in [0.2, 0.25) is 0 Å². The molecule has 1 N–H and O–H groups in total. The van der Waals surface area contributed by atoms with E-state index in [0.717, 1.165) is 77.0 Å². The maximum absolute atomic E-state index is 13.3. The first kappa shape index (κ1) is 32.9. The van der Waals surface area contributed by atoms with Gasteiger partial charge in [0, 0.05) is 19.3 Å². The summed E-state index contributed by atoms with van der Waals surface area (Å²) in [7, 11) is 5.63. The van der Waals surface area contributed by atoms with Gasteiger partial charge in [0.05, 0.1) is 27.6 Å². The van der Waals surface area contributed by atoms with Crippen LogP contribution in [0.5, 0.6) is 0 Å². The largest absolute Gasteiger partial charge is 0.481 e. The molecule has 0 aromatic rings. The molecule has 0 saturated heterocycles. The Morgan fingerprint density at radius 3 is 1.91 bits per heavy atom. The Bertz CT molecular complexity index is 674. The van der Waals surface area contributed by atoms with Gasteiger partial charge in [0.1, 0.15) is 6.54 Å². The summed E-state index contributed by atoms with van der Waals surface area (Å²) in [5.41, 5.74) is -1.63. The van der Waals surface area contributed by atoms with Crippen LogP contribution in [-0.4, -0.2) is 60.6 Å². The minimum Gasteiger partial charge on any atom is -0.481 e. The van der Waals surface area contributed by atoms with E-state index in [2.05, 4.69) is 12.5 Å². The molecule has 0 aliphatic heterocycles. The predicted octanol–water partition coefficient (Wildman–Crippen LogP) is 6.08. The van der Waals surface area contributed by atoms with Gasteiger partial charge in [-0.2, -0.15) is 0 Å². The van der Waals surface area contributed by atoms with Gasteiger partial charge in [-0.1, -0.05) is 57.4 Å². The Morgan fingerprint density at radius 1 is 0.886 bits per heavy atom. The molecule has 0 heterocycles. The van der Waals surface area contributed by atoms with Gasteiger partial charge in [-0.25, -0.2) is 0 Å². The highest BCUT2D eigenvalue weighted by atomic mass is 16.6. The van der Waals surface area contributed by atoms with E-state index in [0.29, 0.717) is 17.3 Å². The molecule has 0 saturated carbocycles. The second-order valence-corrected chi connectivity index (χ2v) is 10.7. The molecule has 0 spiro atoms. The predicted molar refractivity (Wildman–Crippen MR) is 142 cm³/mol. The van der Waals surface area contributed by atoms with Crippen molar-refractivity contribution in [2.45, 2.75) is 115 Å². The summed E-state index contributed by atoms with van der Waals surface area (Å²) in [5, 5.41) is 9.58. The van der Waals surface area contributed by atoms with Crippen molar-refractivity contribution < 1.29 is 28.7 Å². The average Bonchev–Trinajstić information content (AvgIpc) is 2.75. The summed E-state index contributed by atoms with van der Waals surface area (Å²) in [6, 6.07) is 0. The molecule has 0 rings (SSSR count). The number of Topliss-reactive ketones (excluding diaryl/α,β-unsaturated/α-hetero) is 1. The highest BCUT2D eigenvalue weighted by Crippen LogP contribution is 2.26. The Morgan fingerprint density at radius 2 is 1.40 bits per heavy atom. The number of aliphatic carboxylic acids is 1. The first-order valence-corrected chi connectivity index (χ1v) is 13.4. The number of carboxylic acid groups (broad SMARTS) is 1. The second-order valence-electron chi connectivity index (χ2n) is 10.7. The molecule has 6 nitrogen and oxygen atoms in total. The molecule has 0 radical (unpaired) electrons. The molecule has 0 aromatic heterocycles. The quantitative estimate of drug-likeness (QED) is 0.0615. The minimum atomic E-state index is -1.63. The molecule has 6 heteroatoms. The van der Waals surface area contributed by atoms with Crippen molar-refractivity contribution in [3.05, 3.63) is 12.7 Å². The zero-order valence-corrected chi connectivity index (χ0v) is 22.6. The van der Waals surface area contributed by atoms with Gasteiger partial charge in [0.15, 0.2) is 5.78 Å². The number of allylic oxidation sites excluding steroid dienone is 1. The molecular weight excluding hydrogens is 442 g/mol. The number of likely N-dealkylation sites (N-methyl/N-ethyl adjacent to an activating group) is 1. The van der Waals surface area contributed by atoms with Crippen LogP contribution in [-0.2, 0) is 19.1 Å². The van der Waals surface area contributed by atoms with E-state index < -0.39 is 24.0 Å². The molecule has 0 fully saturated rings. The van der Waals surface area contributed by atoms with Crippen molar-refractivity contribution in [2.24, 2.45) is 0 Å². The third-order valence-corrected chi connectivity index (χ3v) is 6.00. The molecule has 0 aromatic carbocycles. The lowest BCUT2D eigenvalue weighted by atomic mass is 9.89. The number of unbranched alkanes of at least 4 members (excludes halogenated alkanes) is 12. The number of nitrogens with zero attached hydrogens (tertiary/aromatic N) is 1. The minimum absolute atomic E-state index is 0.138. The molecule has 200 valence electrons. The number of quaternary nitrogens is 1. The average molecular weight is 493 g/mol. The van der Waals surface area contributed by atoms with Gasteiger partial charge < -0.3 is 14.3 Å². The van der Waals surface area contributed by atoms with Gasteiger partial charge in [-0.3, -0.25) is 14.4 Å². The molecule has 35 heavy (non-hydrogen) atoms. The maximum Gasteiger partial charge on any atom is 0.308 e. The fourth-order valence-corrected chi connectivity index (χ4v) is 4.36. The number of ether oxygens (including phenoxy) is 1. The zero-order valence-electron chi connectivity index (χ0n) is 22.6. The van der Waals surface area contributed by atoms with Crippen LogP contribution in [0.1, 0.15) is 109 Å². The SMILES string of the molecule is C#CCCCCCCCCC(=O)C(CC(=O)O)(C[N+](C)(C)C)OC(=O)CCCCCCCCC=C. The van der Waals surface area contributed by atoms with Crippen LogP contribution in [0.4, 0.5) is 0 Å². The fourth-order valence-electron chi connectivity index (χ4n) is 4.36. The Labute approximate surface area is 214 Å². The number of hydrogen-bond acceptors (Lipinski definition) is 4. The van der Waals surface area contributed by atoms with Gasteiger partial charge in [-0.15, -0.1) is 18.9 Å². The third-order valence-electron chi connectivity index (χ3n) is 6.00. The molecule has 0 bridgehead atoms. The monoisotopic (exact) mass is 492 g/mol. The van der Waals surface area contributed by atoms with Crippen LogP contribution in [0.15, 0.2) is 12.7 Å². The standard InChI is InChI=1S/C29H49NO5/c1-6-8-10-12-14-16-18-20-22-26(31)29(24-27(32)33,25-30(3,4)5)35-28(34)23-21-19-17-15-13-11-9-7-2/h1,7H,2,8-25H2,3-5H3/p+1. The highest BCUT2D eigenvalue weighted by Gasteiger charge is 2.48. The highest BCUT2D eigenvalue weighted by molar-refractivity contribution is 5.93. The van der Waals surface area contributed by atoms with Crippen LogP contribution in [0.3, 0.4) is 0 Å². The van der Waals surface area contributed by atoms with Crippen molar-refractivity contribution in [1.29, 1.82) is 0 Å². The Balaban J connectivity index is 4.89. The normalized spacial score (nSPS) is 13.0. The van der Waals surface area contributed by atoms with Gasteiger partial charge in [0.25, 0.3) is 0 Å². The van der Waals surface area contributed by atoms with Gasteiger partial charge >= 0.3 is 11.9 Å². The summed E-state index contributed by atoms with van der Waals surface area (Å²) < 4.78 is 6.08. The third kappa shape index (κ3) is 17.9. The van der Waals surface area contributed by atoms with Crippen LogP contribution in [0, 0.1) is 12.3 Å². The maximum atomic E-state index is 13.3. The lowest BCUT2D eigenvalue weighted by molar-refractivity contribution is -0.875. The van der Waals surface area contributed by atoms with E-state index in [1.165, 1.54) is 0 Å². The van der Waals surface area contributed by atoms with Crippen molar-refractivity contribution in [2.75, 3.05) is 27.7 Å². The van der Waals surface area contributed by atoms with Crippen molar-refractivity contribution in [3.63, 3.8) is 0 Å². The van der Waals surface area contributed by atoms with Crippen LogP contribution >= 0.6 is 0 Å². The summed E-state index contributed by atoms with van der Waals surface area (Å²) in [6.07, 6.45) is 20.7. The van der Waals surface area contributed by atoms with E-state index in [1.807, 2.05) is 27.2 Å². The van der Waals surface area contributed by atoms with E-state index in [4.69, 9.17) is 11.2 Å². The topological polar surface area (TPSA) is 80.7 Å². The second kappa shape index (κ2) is 19.1. The molecule has 0 aliphatic carbocycles. The molecule has 1 atom stereocenters. The summed E-state index contributed by atoms with van der Waals surface area (Å²) in [4.78, 5) is 37.7. The summed E-state index contributed by atoms with van der Waals surface area (Å²) in [5.74, 6) is 0.749. The molecule has 0 aliphatic rings. The molecule has 0 amide bonds. The fraction of sp³-hybridized carbons (Fsp3) is 0.759. The lowest BCUT2D eigenvalue weighted by Gasteiger charge is -2.37. The van der Waals surface area contributed by atoms with E-state index in [-0.39, 0.29) is 25.2 Å². The zero-order chi connectivity index (χ0) is 26.6. The number of rotatable bonds is 23. The Kier molecular flexibility index (Phi) is 17.9. The number of carbonyl (C=O) groups excluding carboxylic acids is 2. The van der Waals surface area contributed by atoms with Gasteiger partial charge in [0.2, 0.25) is 5.60 Å². The van der Waals surface area contributed by atoms with Crippen LogP contribution in [0.25, 0.3) is 0 Å². The number of hydrogen-bond donors (Lipinski definition) is 1. The first-order valence-electron chi connectivity index (χ1n) is 13.4. The van der Waals surface area contributed by atoms with E-state index >= 15 is 0 Å². The number of terminal acetylenes is 1. The van der Waals surface area contributed by atoms with Gasteiger partial charge in [-0.05, 0) is 32.1 Å². The van der Waals surface area contributed by atoms with Crippen molar-refractivity contribution >= 4 is 17.7 Å². The van der Waals surface area contributed by atoms with Crippen molar-refractivity contribution in [3.8, 4) is 12.3 Å². The van der Waals surface area contributed by atoms with Crippen LogP contribution < -0.4 is 0 Å². The number of carbonyl (C=O) groups is 3. The Hall–Kier alpha value is -2.13. The summed E-state index contributed by atoms with van der Waals surface area (Å²) >= 11 is 0. The smallest absolute Gasteiger partial charge is 0.308 e. The molecule has 1 unspecified atom stereocenters. The van der Waals surface area contributed by atoms with Crippen molar-refractivity contribution in [1.82, 2.24) is 0 Å². The van der Waals surface area contributed by atoms with E-state index in [1.54, 1.807) is 0 Å². The number of carboxylic acids is 1. The molecular formula is C29H50NO5+.